The highest BCUT2D eigenvalue weighted by molar-refractivity contribution is 5.91. The van der Waals surface area contributed by atoms with Crippen molar-refractivity contribution in [2.75, 3.05) is 46.3 Å². The summed E-state index contributed by atoms with van der Waals surface area (Å²) in [6, 6.07) is 10.7. The van der Waals surface area contributed by atoms with E-state index in [4.69, 9.17) is 0 Å². The molecule has 1 amide bonds. The van der Waals surface area contributed by atoms with Crippen LogP contribution in [0.2, 0.25) is 0 Å². The summed E-state index contributed by atoms with van der Waals surface area (Å²) < 4.78 is 0. The predicted molar refractivity (Wildman–Crippen MR) is 103 cm³/mol. The minimum Gasteiger partial charge on any atom is -0.339 e. The summed E-state index contributed by atoms with van der Waals surface area (Å²) in [6.07, 6.45) is 5.90. The average molecular weight is 341 g/mol. The third kappa shape index (κ3) is 5.16. The summed E-state index contributed by atoms with van der Waals surface area (Å²) in [5, 5.41) is 0. The molecule has 4 nitrogen and oxygen atoms in total. The molecular formula is C21H31N3O. The van der Waals surface area contributed by atoms with E-state index in [0.717, 1.165) is 37.4 Å². The van der Waals surface area contributed by atoms with E-state index in [1.54, 1.807) is 6.08 Å². The fourth-order valence-corrected chi connectivity index (χ4v) is 3.95. The van der Waals surface area contributed by atoms with E-state index in [9.17, 15) is 4.79 Å². The van der Waals surface area contributed by atoms with Gasteiger partial charge >= 0.3 is 0 Å². The number of piperidine rings is 1. The van der Waals surface area contributed by atoms with Gasteiger partial charge in [0.1, 0.15) is 0 Å². The van der Waals surface area contributed by atoms with E-state index >= 15 is 0 Å². The first-order chi connectivity index (χ1) is 12.1. The summed E-state index contributed by atoms with van der Waals surface area (Å²) in [5.41, 5.74) is 1.08. The van der Waals surface area contributed by atoms with Crippen LogP contribution in [0.15, 0.2) is 36.4 Å². The van der Waals surface area contributed by atoms with Crippen molar-refractivity contribution in [3.05, 3.63) is 42.0 Å². The van der Waals surface area contributed by atoms with Gasteiger partial charge in [0, 0.05) is 51.4 Å². The normalized spacial score (nSPS) is 24.1. The molecule has 3 rings (SSSR count). The molecule has 2 aliphatic heterocycles. The Kier molecular flexibility index (Phi) is 6.27. The molecule has 0 spiro atoms. The van der Waals surface area contributed by atoms with Crippen LogP contribution in [0, 0.1) is 5.92 Å². The Hall–Kier alpha value is -1.65. The number of likely N-dealkylation sites (tertiary alicyclic amines) is 1. The number of piperazine rings is 1. The lowest BCUT2D eigenvalue weighted by Crippen LogP contribution is -2.52. The maximum Gasteiger partial charge on any atom is 0.246 e. The van der Waals surface area contributed by atoms with Gasteiger partial charge in [-0.15, -0.1) is 0 Å². The van der Waals surface area contributed by atoms with Crippen molar-refractivity contribution in [2.24, 2.45) is 5.92 Å². The number of carbonyl (C=O) groups is 1. The highest BCUT2D eigenvalue weighted by atomic mass is 16.2. The molecule has 2 aliphatic rings. The molecule has 1 aromatic carbocycles. The summed E-state index contributed by atoms with van der Waals surface area (Å²) in [4.78, 5) is 19.4. The van der Waals surface area contributed by atoms with Gasteiger partial charge in [-0.3, -0.25) is 9.69 Å². The topological polar surface area (TPSA) is 26.8 Å². The second-order valence-corrected chi connectivity index (χ2v) is 7.62. The quantitative estimate of drug-likeness (QED) is 0.788. The summed E-state index contributed by atoms with van der Waals surface area (Å²) in [7, 11) is 2.21. The van der Waals surface area contributed by atoms with Gasteiger partial charge in [0.05, 0.1) is 0 Å². The zero-order valence-electron chi connectivity index (χ0n) is 15.6. The van der Waals surface area contributed by atoms with Gasteiger partial charge in [-0.2, -0.15) is 0 Å². The lowest BCUT2D eigenvalue weighted by molar-refractivity contribution is -0.127. The Balaban J connectivity index is 1.44. The fourth-order valence-electron chi connectivity index (χ4n) is 3.95. The van der Waals surface area contributed by atoms with E-state index in [1.165, 1.54) is 26.2 Å². The van der Waals surface area contributed by atoms with Crippen LogP contribution in [0.1, 0.15) is 25.3 Å². The molecule has 1 aromatic rings. The third-order valence-electron chi connectivity index (χ3n) is 5.61. The first kappa shape index (κ1) is 18.2. The van der Waals surface area contributed by atoms with E-state index in [2.05, 4.69) is 23.8 Å². The van der Waals surface area contributed by atoms with Crippen molar-refractivity contribution in [1.29, 1.82) is 0 Å². The van der Waals surface area contributed by atoms with E-state index in [0.29, 0.717) is 6.04 Å². The Morgan fingerprint density at radius 3 is 2.52 bits per heavy atom. The van der Waals surface area contributed by atoms with Crippen molar-refractivity contribution in [3.63, 3.8) is 0 Å². The molecule has 0 N–H and O–H groups in total. The van der Waals surface area contributed by atoms with Gasteiger partial charge in [0.2, 0.25) is 5.91 Å². The molecule has 2 heterocycles. The van der Waals surface area contributed by atoms with Crippen molar-refractivity contribution in [2.45, 2.75) is 25.8 Å². The van der Waals surface area contributed by atoms with Gasteiger partial charge in [0.25, 0.3) is 0 Å². The highest BCUT2D eigenvalue weighted by Crippen LogP contribution is 2.21. The number of amides is 1. The third-order valence-corrected chi connectivity index (χ3v) is 5.61. The Morgan fingerprint density at radius 1 is 1.12 bits per heavy atom. The second kappa shape index (κ2) is 8.63. The van der Waals surface area contributed by atoms with Gasteiger partial charge in [-0.05, 0) is 44.4 Å². The van der Waals surface area contributed by atoms with Crippen LogP contribution in [-0.4, -0.2) is 73.0 Å². The van der Waals surface area contributed by atoms with Gasteiger partial charge in [-0.25, -0.2) is 0 Å². The minimum atomic E-state index is 0.148. The van der Waals surface area contributed by atoms with Crippen molar-refractivity contribution < 1.29 is 4.79 Å². The SMILES string of the molecule is CC1CN(C)CCN1CC1CCN(C(=O)C=Cc2ccccc2)CC1. The first-order valence-corrected chi connectivity index (χ1v) is 9.56. The van der Waals surface area contributed by atoms with E-state index in [1.807, 2.05) is 41.3 Å². The van der Waals surface area contributed by atoms with Crippen molar-refractivity contribution in [1.82, 2.24) is 14.7 Å². The molecule has 2 fully saturated rings. The largest absolute Gasteiger partial charge is 0.339 e. The highest BCUT2D eigenvalue weighted by Gasteiger charge is 2.27. The number of carbonyl (C=O) groups excluding carboxylic acids is 1. The summed E-state index contributed by atoms with van der Waals surface area (Å²) in [6.45, 7) is 8.83. The van der Waals surface area contributed by atoms with E-state index in [-0.39, 0.29) is 5.91 Å². The Labute approximate surface area is 152 Å². The van der Waals surface area contributed by atoms with Gasteiger partial charge in [-0.1, -0.05) is 30.3 Å². The van der Waals surface area contributed by atoms with Crippen LogP contribution in [0.25, 0.3) is 6.08 Å². The van der Waals surface area contributed by atoms with Crippen LogP contribution in [0.5, 0.6) is 0 Å². The number of benzene rings is 1. The Morgan fingerprint density at radius 2 is 1.84 bits per heavy atom. The lowest BCUT2D eigenvalue weighted by atomic mass is 9.95. The zero-order valence-corrected chi connectivity index (χ0v) is 15.6. The van der Waals surface area contributed by atoms with Crippen LogP contribution in [0.4, 0.5) is 0 Å². The summed E-state index contributed by atoms with van der Waals surface area (Å²) in [5.74, 6) is 0.878. The van der Waals surface area contributed by atoms with Crippen molar-refractivity contribution in [3.8, 4) is 0 Å². The average Bonchev–Trinajstić information content (AvgIpc) is 2.63. The number of nitrogens with zero attached hydrogens (tertiary/aromatic N) is 3. The molecule has 4 heteroatoms. The molecule has 0 aliphatic carbocycles. The molecule has 0 bridgehead atoms. The molecule has 1 atom stereocenters. The molecule has 0 aromatic heterocycles. The van der Waals surface area contributed by atoms with Crippen LogP contribution < -0.4 is 0 Å². The first-order valence-electron chi connectivity index (χ1n) is 9.56. The Bertz CT molecular complexity index is 578. The standard InChI is InChI=1S/C21H31N3O/c1-18-16-22(2)14-15-24(18)17-20-10-12-23(13-11-20)21(25)9-8-19-6-4-3-5-7-19/h3-9,18,20H,10-17H2,1-2H3. The predicted octanol–water partition coefficient (Wildman–Crippen LogP) is 2.57. The zero-order chi connectivity index (χ0) is 17.6. The van der Waals surface area contributed by atoms with E-state index < -0.39 is 0 Å². The summed E-state index contributed by atoms with van der Waals surface area (Å²) >= 11 is 0. The number of likely N-dealkylation sites (N-methyl/N-ethyl adjacent to an activating group) is 1. The molecule has 0 saturated carbocycles. The molecule has 1 unspecified atom stereocenters. The van der Waals surface area contributed by atoms with Gasteiger partial charge in [0.15, 0.2) is 0 Å². The molecule has 2 saturated heterocycles. The molecule has 25 heavy (non-hydrogen) atoms. The minimum absolute atomic E-state index is 0.148. The smallest absolute Gasteiger partial charge is 0.246 e. The number of hydrogen-bond acceptors (Lipinski definition) is 3. The monoisotopic (exact) mass is 341 g/mol. The number of rotatable bonds is 4. The lowest BCUT2D eigenvalue weighted by Gasteiger charge is -2.41. The maximum absolute atomic E-state index is 12.4. The molecule has 0 radical (unpaired) electrons. The molecule has 136 valence electrons. The van der Waals surface area contributed by atoms with Crippen LogP contribution in [0.3, 0.4) is 0 Å². The maximum atomic E-state index is 12.4. The molecular weight excluding hydrogens is 310 g/mol. The number of hydrogen-bond donors (Lipinski definition) is 0. The van der Waals surface area contributed by atoms with Crippen LogP contribution in [-0.2, 0) is 4.79 Å². The van der Waals surface area contributed by atoms with Crippen molar-refractivity contribution >= 4 is 12.0 Å². The van der Waals surface area contributed by atoms with Crippen LogP contribution >= 0.6 is 0 Å². The second-order valence-electron chi connectivity index (χ2n) is 7.62. The fraction of sp³-hybridized carbons (Fsp3) is 0.571. The van der Waals surface area contributed by atoms with Gasteiger partial charge < -0.3 is 9.80 Å².